The van der Waals surface area contributed by atoms with Gasteiger partial charge in [0.1, 0.15) is 17.2 Å². The van der Waals surface area contributed by atoms with Crippen LogP contribution in [-0.2, 0) is 6.42 Å². The molecule has 0 aliphatic carbocycles. The summed E-state index contributed by atoms with van der Waals surface area (Å²) in [6.45, 7) is 10.1. The van der Waals surface area contributed by atoms with Gasteiger partial charge in [0.2, 0.25) is 0 Å². The summed E-state index contributed by atoms with van der Waals surface area (Å²) in [4.78, 5) is 9.17. The zero-order valence-electron chi connectivity index (χ0n) is 54.5. The summed E-state index contributed by atoms with van der Waals surface area (Å²) in [7, 11) is 5.06. The predicted molar refractivity (Wildman–Crippen MR) is 407 cm³/mol. The smallest absolute Gasteiger partial charge is 0.119 e. The van der Waals surface area contributed by atoms with E-state index in [1.807, 2.05) is 48.6 Å². The minimum Gasteiger partial charge on any atom is -0.497 e. The number of fused-ring (bicyclic) bond motifs is 2. The molecular weight excluding hydrogens is 1170 g/mol. The molecule has 0 atom stereocenters. The first-order valence-corrected chi connectivity index (χ1v) is 32.3. The van der Waals surface area contributed by atoms with Gasteiger partial charge < -0.3 is 33.8 Å². The Morgan fingerprint density at radius 3 is 0.771 bits per heavy atom. The first-order chi connectivity index (χ1) is 47.3. The highest BCUT2D eigenvalue weighted by molar-refractivity contribution is 6.00. The lowest BCUT2D eigenvalue weighted by Gasteiger charge is -2.27. The van der Waals surface area contributed by atoms with Gasteiger partial charge in [0.05, 0.1) is 32.7 Å². The van der Waals surface area contributed by atoms with Crippen LogP contribution in [0.5, 0.6) is 17.2 Å². The van der Waals surface area contributed by atoms with Gasteiger partial charge in [0, 0.05) is 67.6 Å². The third-order valence-electron chi connectivity index (χ3n) is 17.6. The van der Waals surface area contributed by atoms with Crippen LogP contribution in [-0.4, -0.2) is 21.3 Å². The van der Waals surface area contributed by atoms with Crippen LogP contribution < -0.4 is 33.8 Å². The number of hydrogen-bond acceptors (Lipinski definition) is 7. The normalized spacial score (nSPS) is 10.8. The molecule has 0 aliphatic heterocycles. The first-order valence-electron chi connectivity index (χ1n) is 32.3. The highest BCUT2D eigenvalue weighted by Crippen LogP contribution is 2.44. The van der Waals surface area contributed by atoms with Gasteiger partial charge in [0.15, 0.2) is 0 Å². The van der Waals surface area contributed by atoms with Crippen LogP contribution in [0.2, 0.25) is 0 Å². The highest BCUT2D eigenvalue weighted by Gasteiger charge is 2.20. The summed E-state index contributed by atoms with van der Waals surface area (Å²) in [5, 5.41) is 4.84. The Morgan fingerprint density at radius 2 is 0.500 bits per heavy atom. The molecule has 0 heterocycles. The lowest BCUT2D eigenvalue weighted by molar-refractivity contribution is 0.414. The number of rotatable bonds is 20. The third-order valence-corrected chi connectivity index (χ3v) is 17.6. The van der Waals surface area contributed by atoms with Crippen molar-refractivity contribution >= 4 is 102 Å². The van der Waals surface area contributed by atoms with Gasteiger partial charge in [-0.2, -0.15) is 0 Å². The average molecular weight is 1250 g/mol. The molecule has 14 rings (SSSR count). The summed E-state index contributed by atoms with van der Waals surface area (Å²) < 4.78 is 16.2. The van der Waals surface area contributed by atoms with E-state index in [1.54, 1.807) is 21.3 Å². The topological polar surface area (TPSA) is 40.7 Å². The van der Waals surface area contributed by atoms with E-state index in [0.29, 0.717) is 0 Å². The maximum atomic E-state index is 5.42. The van der Waals surface area contributed by atoms with Crippen LogP contribution >= 0.6 is 0 Å². The first kappa shape index (κ1) is 62.5. The molecule has 0 N–H and O–H groups in total. The second kappa shape index (κ2) is 29.1. The molecule has 7 heteroatoms. The van der Waals surface area contributed by atoms with Crippen molar-refractivity contribution in [2.45, 2.75) is 13.3 Å². The van der Waals surface area contributed by atoms with Crippen molar-refractivity contribution in [1.29, 1.82) is 0 Å². The van der Waals surface area contributed by atoms with Crippen LogP contribution in [0.25, 0.3) is 56.0 Å². The maximum Gasteiger partial charge on any atom is 0.119 e. The van der Waals surface area contributed by atoms with Gasteiger partial charge >= 0.3 is 0 Å². The van der Waals surface area contributed by atoms with Crippen LogP contribution in [0, 0.1) is 0 Å². The monoisotopic (exact) mass is 1250 g/mol. The Hall–Kier alpha value is -12.3. The maximum absolute atomic E-state index is 5.42. The predicted octanol–water partition coefficient (Wildman–Crippen LogP) is 24.8. The molecule has 0 spiro atoms. The van der Waals surface area contributed by atoms with E-state index < -0.39 is 0 Å². The molecule has 0 bridgehead atoms. The Kier molecular flexibility index (Phi) is 18.9. The number of anilines is 12. The molecule has 0 amide bonds. The molecule has 0 aliphatic rings. The number of hydrogen-bond donors (Lipinski definition) is 0. The van der Waals surface area contributed by atoms with Crippen LogP contribution in [0.1, 0.15) is 23.6 Å². The van der Waals surface area contributed by atoms with Crippen molar-refractivity contribution in [3.8, 4) is 39.5 Å². The van der Waals surface area contributed by atoms with Gasteiger partial charge in [-0.3, -0.25) is 0 Å². The lowest BCUT2D eigenvalue weighted by atomic mass is 10.0. The Bertz CT molecular complexity index is 4480. The standard InChI is InChI=1S/C48H36N2.C41H38N2O3/c1-3-35-19-27-41(28-20-35)49(47-17-9-13-39-11-5-7-15-45(39)47)43-31-23-37(24-32-43)38-25-33-44(34-26-38)50(42-29-21-36(4-2)22-30-42)48-18-10-14-40-12-6-8-16-46(40)48;1-5-30-6-12-33(13-7-30)42(36-18-24-39(44-2)25-19-36)34-14-8-31(9-15-34)32-10-16-35(17-11-32)43(37-20-26-40(45-3)27-21-37)38-22-28-41(46-4)29-23-38/h3-34H,1-2H2;6-29H,5H2,1-4H3. The van der Waals surface area contributed by atoms with Crippen LogP contribution in [0.15, 0.2) is 341 Å². The van der Waals surface area contributed by atoms with Crippen molar-refractivity contribution in [2.24, 2.45) is 0 Å². The van der Waals surface area contributed by atoms with Crippen molar-refractivity contribution < 1.29 is 14.2 Å². The highest BCUT2D eigenvalue weighted by atomic mass is 16.5. The minimum atomic E-state index is 0.820. The van der Waals surface area contributed by atoms with Gasteiger partial charge in [-0.15, -0.1) is 0 Å². The zero-order valence-corrected chi connectivity index (χ0v) is 54.5. The van der Waals surface area contributed by atoms with Crippen molar-refractivity contribution in [3.63, 3.8) is 0 Å². The Balaban J connectivity index is 0.000000174. The van der Waals surface area contributed by atoms with Crippen LogP contribution in [0.3, 0.4) is 0 Å². The summed E-state index contributed by atoms with van der Waals surface area (Å²) in [6, 6.07) is 116. The van der Waals surface area contributed by atoms with Crippen molar-refractivity contribution in [2.75, 3.05) is 40.9 Å². The molecule has 0 saturated heterocycles. The fourth-order valence-electron chi connectivity index (χ4n) is 12.4. The fraction of sp³-hybridized carbons (Fsp3) is 0.0562. The van der Waals surface area contributed by atoms with Crippen molar-refractivity contribution in [1.82, 2.24) is 0 Å². The Morgan fingerprint density at radius 1 is 0.260 bits per heavy atom. The van der Waals surface area contributed by atoms with E-state index in [-0.39, 0.29) is 0 Å². The largest absolute Gasteiger partial charge is 0.497 e. The molecule has 14 aromatic carbocycles. The second-order valence-electron chi connectivity index (χ2n) is 23.2. The fourth-order valence-corrected chi connectivity index (χ4v) is 12.4. The molecule has 0 saturated carbocycles. The molecule has 0 aromatic heterocycles. The lowest BCUT2D eigenvalue weighted by Crippen LogP contribution is -2.10. The van der Waals surface area contributed by atoms with E-state index in [1.165, 1.54) is 27.1 Å². The quantitative estimate of drug-likeness (QED) is 0.0753. The minimum absolute atomic E-state index is 0.820. The summed E-state index contributed by atoms with van der Waals surface area (Å²) in [6.07, 6.45) is 4.77. The summed E-state index contributed by atoms with van der Waals surface area (Å²) in [5.41, 5.74) is 21.2. The number of aryl methyl sites for hydroxylation is 1. The van der Waals surface area contributed by atoms with E-state index in [2.05, 4.69) is 331 Å². The molecule has 0 fully saturated rings. The van der Waals surface area contributed by atoms with Gasteiger partial charge in [0.25, 0.3) is 0 Å². The van der Waals surface area contributed by atoms with E-state index >= 15 is 0 Å². The molecular formula is C89H74N4O3. The van der Waals surface area contributed by atoms with Gasteiger partial charge in [-0.25, -0.2) is 0 Å². The van der Waals surface area contributed by atoms with Crippen LogP contribution in [0.4, 0.5) is 68.2 Å². The van der Waals surface area contributed by atoms with E-state index in [9.17, 15) is 0 Å². The van der Waals surface area contributed by atoms with E-state index in [4.69, 9.17) is 14.2 Å². The summed E-state index contributed by atoms with van der Waals surface area (Å²) in [5.74, 6) is 2.47. The van der Waals surface area contributed by atoms with E-state index in [0.717, 1.165) is 125 Å². The summed E-state index contributed by atoms with van der Waals surface area (Å²) >= 11 is 0. The van der Waals surface area contributed by atoms with Gasteiger partial charge in [-0.05, 0) is 226 Å². The van der Waals surface area contributed by atoms with Crippen molar-refractivity contribution in [3.05, 3.63) is 357 Å². The Labute approximate surface area is 564 Å². The SMILES string of the molecule is C=Cc1ccc(N(c2ccc(-c3ccc(N(c4ccc(C=C)cc4)c4cccc5ccccc45)cc3)cc2)c2cccc3ccccc23)cc1.CCc1ccc(N(c2ccc(OC)cc2)c2ccc(-c3ccc(N(c4ccc(OC)cc4)c4ccc(OC)cc4)cc3)cc2)cc1. The molecule has 14 aromatic rings. The average Bonchev–Trinajstić information content (AvgIpc) is 0.812. The number of nitrogens with zero attached hydrogens (tertiary/aromatic N) is 4. The molecule has 468 valence electrons. The number of methoxy groups -OCH3 is 3. The second-order valence-corrected chi connectivity index (χ2v) is 23.2. The zero-order chi connectivity index (χ0) is 65.7. The molecule has 0 unspecified atom stereocenters. The molecule has 0 radical (unpaired) electrons. The van der Waals surface area contributed by atoms with Gasteiger partial charge in [-0.1, -0.05) is 190 Å². The third kappa shape index (κ3) is 13.6. The number of benzene rings is 14. The number of ether oxygens (including phenoxy) is 3. The molecule has 7 nitrogen and oxygen atoms in total. The molecule has 96 heavy (non-hydrogen) atoms.